The lowest BCUT2D eigenvalue weighted by atomic mass is 10.2. The van der Waals surface area contributed by atoms with Crippen LogP contribution in [-0.2, 0) is 17.5 Å². The Hall–Kier alpha value is -0.260. The second kappa shape index (κ2) is 4.83. The summed E-state index contributed by atoms with van der Waals surface area (Å²) in [6, 6.07) is 4.79. The van der Waals surface area contributed by atoms with Gasteiger partial charge in [0.15, 0.2) is 0 Å². The zero-order valence-corrected chi connectivity index (χ0v) is 9.41. The van der Waals surface area contributed by atoms with Crippen LogP contribution in [0.25, 0.3) is 0 Å². The first-order valence-electron chi connectivity index (χ1n) is 3.60. The van der Waals surface area contributed by atoms with Gasteiger partial charge in [-0.2, -0.15) is 0 Å². The summed E-state index contributed by atoms with van der Waals surface area (Å²) in [7, 11) is -1.11. The molecule has 1 aromatic rings. The van der Waals surface area contributed by atoms with Gasteiger partial charge in [0.25, 0.3) is 0 Å². The molecular weight excluding hydrogens is 257 g/mol. The maximum atomic E-state index is 13.1. The zero-order valence-electron chi connectivity index (χ0n) is 7.01. The summed E-state index contributed by atoms with van der Waals surface area (Å²) in [6.07, 6.45) is 1.51. The van der Waals surface area contributed by atoms with Crippen LogP contribution in [0.5, 0.6) is 0 Å². The van der Waals surface area contributed by atoms with Crippen LogP contribution in [0.2, 0.25) is 0 Å². The standard InChI is InChI=1S/C8H9BrFNOS/c1-13(12)11-5-6-2-3-7(9)4-8(6)10/h2-4,11H,5H2,1H3. The van der Waals surface area contributed by atoms with E-state index in [2.05, 4.69) is 20.7 Å². The SMILES string of the molecule is CS(=O)NCc1ccc(Br)cc1F. The predicted octanol–water partition coefficient (Wildman–Crippen LogP) is 1.97. The Balaban J connectivity index is 2.72. The second-order valence-corrected chi connectivity index (χ2v) is 4.62. The summed E-state index contributed by atoms with van der Waals surface area (Å²) < 4.78 is 27.1. The third-order valence-electron chi connectivity index (χ3n) is 1.48. The Kier molecular flexibility index (Phi) is 4.02. The van der Waals surface area contributed by atoms with Crippen LogP contribution in [-0.4, -0.2) is 10.5 Å². The smallest absolute Gasteiger partial charge is 0.128 e. The van der Waals surface area contributed by atoms with Crippen molar-refractivity contribution in [3.8, 4) is 0 Å². The molecule has 0 radical (unpaired) electrons. The van der Waals surface area contributed by atoms with Crippen LogP contribution in [0.3, 0.4) is 0 Å². The number of rotatable bonds is 3. The fourth-order valence-electron chi connectivity index (χ4n) is 0.844. The van der Waals surface area contributed by atoms with Crippen molar-refractivity contribution in [3.63, 3.8) is 0 Å². The van der Waals surface area contributed by atoms with Gasteiger partial charge in [0, 0.05) is 22.8 Å². The highest BCUT2D eigenvalue weighted by Crippen LogP contribution is 2.14. The van der Waals surface area contributed by atoms with Crippen LogP contribution < -0.4 is 4.72 Å². The molecule has 13 heavy (non-hydrogen) atoms. The maximum absolute atomic E-state index is 13.1. The van der Waals surface area contributed by atoms with E-state index in [-0.39, 0.29) is 12.4 Å². The summed E-state index contributed by atoms with van der Waals surface area (Å²) in [5.74, 6) is -0.299. The third-order valence-corrected chi connectivity index (χ3v) is 2.53. The fourth-order valence-corrected chi connectivity index (χ4v) is 1.54. The van der Waals surface area contributed by atoms with E-state index < -0.39 is 11.0 Å². The van der Waals surface area contributed by atoms with E-state index in [9.17, 15) is 8.60 Å². The summed E-state index contributed by atoms with van der Waals surface area (Å²) in [5.41, 5.74) is 0.512. The van der Waals surface area contributed by atoms with Crippen LogP contribution >= 0.6 is 15.9 Å². The van der Waals surface area contributed by atoms with Crippen molar-refractivity contribution in [1.29, 1.82) is 0 Å². The predicted molar refractivity (Wildman–Crippen MR) is 55.0 cm³/mol. The largest absolute Gasteiger partial charge is 0.243 e. The summed E-state index contributed by atoms with van der Waals surface area (Å²) in [4.78, 5) is 0. The molecule has 0 aliphatic heterocycles. The van der Waals surface area contributed by atoms with E-state index in [1.54, 1.807) is 12.1 Å². The van der Waals surface area contributed by atoms with Crippen molar-refractivity contribution in [2.24, 2.45) is 0 Å². The van der Waals surface area contributed by atoms with E-state index in [0.29, 0.717) is 10.0 Å². The van der Waals surface area contributed by atoms with Crippen LogP contribution in [0.15, 0.2) is 22.7 Å². The molecule has 0 aliphatic rings. The Labute approximate surface area is 87.3 Å². The average Bonchev–Trinajstić information content (AvgIpc) is 2.02. The molecule has 0 aliphatic carbocycles. The summed E-state index contributed by atoms with van der Waals surface area (Å²) >= 11 is 3.16. The Bertz CT molecular complexity index is 332. The highest BCUT2D eigenvalue weighted by atomic mass is 79.9. The summed E-state index contributed by atoms with van der Waals surface area (Å²) in [5, 5.41) is 0. The van der Waals surface area contributed by atoms with Crippen molar-refractivity contribution in [2.75, 3.05) is 6.26 Å². The van der Waals surface area contributed by atoms with Crippen molar-refractivity contribution in [1.82, 2.24) is 4.72 Å². The molecule has 0 amide bonds. The van der Waals surface area contributed by atoms with Crippen molar-refractivity contribution in [3.05, 3.63) is 34.1 Å². The van der Waals surface area contributed by atoms with Crippen molar-refractivity contribution >= 4 is 26.9 Å². The molecular formula is C8H9BrFNOS. The lowest BCUT2D eigenvalue weighted by Gasteiger charge is -2.03. The van der Waals surface area contributed by atoms with E-state index in [1.807, 2.05) is 0 Å². The van der Waals surface area contributed by atoms with Crippen LogP contribution in [0, 0.1) is 5.82 Å². The van der Waals surface area contributed by atoms with Crippen molar-refractivity contribution < 1.29 is 8.60 Å². The van der Waals surface area contributed by atoms with Gasteiger partial charge < -0.3 is 0 Å². The number of hydrogen-bond donors (Lipinski definition) is 1. The quantitative estimate of drug-likeness (QED) is 0.890. The molecule has 1 unspecified atom stereocenters. The van der Waals surface area contributed by atoms with Gasteiger partial charge >= 0.3 is 0 Å². The lowest BCUT2D eigenvalue weighted by Crippen LogP contribution is -2.15. The minimum absolute atomic E-state index is 0.280. The van der Waals surface area contributed by atoms with Gasteiger partial charge in [0.05, 0.1) is 11.0 Å². The highest BCUT2D eigenvalue weighted by Gasteiger charge is 2.02. The molecule has 72 valence electrons. The topological polar surface area (TPSA) is 29.1 Å². The maximum Gasteiger partial charge on any atom is 0.128 e. The number of halogens is 2. The van der Waals surface area contributed by atoms with Gasteiger partial charge in [0.2, 0.25) is 0 Å². The zero-order chi connectivity index (χ0) is 9.84. The molecule has 0 bridgehead atoms. The first kappa shape index (κ1) is 10.8. The Morgan fingerprint density at radius 3 is 2.85 bits per heavy atom. The van der Waals surface area contributed by atoms with Gasteiger partial charge in [-0.1, -0.05) is 22.0 Å². The van der Waals surface area contributed by atoms with Gasteiger partial charge in [0.1, 0.15) is 5.82 Å². The van der Waals surface area contributed by atoms with Crippen molar-refractivity contribution in [2.45, 2.75) is 6.54 Å². The monoisotopic (exact) mass is 265 g/mol. The molecule has 0 fully saturated rings. The normalized spacial score (nSPS) is 12.8. The molecule has 0 saturated heterocycles. The molecule has 1 aromatic carbocycles. The van der Waals surface area contributed by atoms with Crippen LogP contribution in [0.4, 0.5) is 4.39 Å². The Morgan fingerprint density at radius 2 is 2.31 bits per heavy atom. The van der Waals surface area contributed by atoms with Gasteiger partial charge in [-0.25, -0.2) is 13.3 Å². The number of benzene rings is 1. The molecule has 0 saturated carbocycles. The molecule has 1 rings (SSSR count). The van der Waals surface area contributed by atoms with E-state index >= 15 is 0 Å². The minimum atomic E-state index is -1.11. The molecule has 5 heteroatoms. The van der Waals surface area contributed by atoms with Gasteiger partial charge in [-0.15, -0.1) is 0 Å². The highest BCUT2D eigenvalue weighted by molar-refractivity contribution is 9.10. The molecule has 0 aromatic heterocycles. The first-order chi connectivity index (χ1) is 6.09. The second-order valence-electron chi connectivity index (χ2n) is 2.51. The lowest BCUT2D eigenvalue weighted by molar-refractivity contribution is 0.605. The van der Waals surface area contributed by atoms with E-state index in [1.165, 1.54) is 12.3 Å². The van der Waals surface area contributed by atoms with Crippen LogP contribution in [0.1, 0.15) is 5.56 Å². The minimum Gasteiger partial charge on any atom is -0.243 e. The average molecular weight is 266 g/mol. The Morgan fingerprint density at radius 1 is 1.62 bits per heavy atom. The third kappa shape index (κ3) is 3.54. The molecule has 1 N–H and O–H groups in total. The molecule has 0 spiro atoms. The number of nitrogens with one attached hydrogen (secondary N) is 1. The first-order valence-corrected chi connectivity index (χ1v) is 5.95. The number of hydrogen-bond acceptors (Lipinski definition) is 1. The van der Waals surface area contributed by atoms with Gasteiger partial charge in [-0.3, -0.25) is 0 Å². The molecule has 1 atom stereocenters. The van der Waals surface area contributed by atoms with E-state index in [0.717, 1.165) is 0 Å². The van der Waals surface area contributed by atoms with Gasteiger partial charge in [-0.05, 0) is 12.1 Å². The summed E-state index contributed by atoms with van der Waals surface area (Å²) in [6.45, 7) is 0.280. The molecule has 2 nitrogen and oxygen atoms in total. The fraction of sp³-hybridized carbons (Fsp3) is 0.250. The van der Waals surface area contributed by atoms with E-state index in [4.69, 9.17) is 0 Å². The molecule has 0 heterocycles.